The van der Waals surface area contributed by atoms with E-state index in [0.717, 1.165) is 25.8 Å². The average molecular weight is 377 g/mol. The van der Waals surface area contributed by atoms with Crippen molar-refractivity contribution in [2.75, 3.05) is 6.54 Å². The van der Waals surface area contributed by atoms with Crippen LogP contribution in [0.1, 0.15) is 35.7 Å². The predicted molar refractivity (Wildman–Crippen MR) is 109 cm³/mol. The highest BCUT2D eigenvalue weighted by Crippen LogP contribution is 2.24. The molecule has 0 radical (unpaired) electrons. The highest BCUT2D eigenvalue weighted by Gasteiger charge is 2.29. The van der Waals surface area contributed by atoms with Gasteiger partial charge in [-0.15, -0.1) is 0 Å². The second-order valence-electron chi connectivity index (χ2n) is 7.22. The molecule has 0 aliphatic carbocycles. The van der Waals surface area contributed by atoms with Crippen molar-refractivity contribution >= 4 is 16.9 Å². The fourth-order valence-electron chi connectivity index (χ4n) is 4.09. The number of hydrogen-bond donors (Lipinski definition) is 1. The van der Waals surface area contributed by atoms with E-state index in [1.165, 1.54) is 10.1 Å². The summed E-state index contributed by atoms with van der Waals surface area (Å²) in [5.74, 6) is -0.0320. The summed E-state index contributed by atoms with van der Waals surface area (Å²) < 4.78 is 1.43. The van der Waals surface area contributed by atoms with Gasteiger partial charge in [-0.05, 0) is 49.9 Å². The van der Waals surface area contributed by atoms with E-state index in [0.29, 0.717) is 23.1 Å². The van der Waals surface area contributed by atoms with E-state index < -0.39 is 11.1 Å². The molecule has 0 spiro atoms. The third kappa shape index (κ3) is 3.26. The van der Waals surface area contributed by atoms with E-state index in [1.54, 1.807) is 18.2 Å². The number of carbonyl (C=O) groups excluding carboxylic acids is 1. The molecule has 1 aromatic heterocycles. The zero-order chi connectivity index (χ0) is 19.7. The van der Waals surface area contributed by atoms with Gasteiger partial charge in [-0.3, -0.25) is 14.4 Å². The molecule has 1 saturated heterocycles. The summed E-state index contributed by atoms with van der Waals surface area (Å²) in [4.78, 5) is 41.6. The van der Waals surface area contributed by atoms with Crippen LogP contribution >= 0.6 is 0 Å². The summed E-state index contributed by atoms with van der Waals surface area (Å²) >= 11 is 0. The van der Waals surface area contributed by atoms with Gasteiger partial charge in [0.15, 0.2) is 0 Å². The minimum Gasteiger partial charge on any atom is -0.335 e. The smallest absolute Gasteiger partial charge is 0.316 e. The van der Waals surface area contributed by atoms with Crippen molar-refractivity contribution in [2.24, 2.45) is 0 Å². The molecule has 0 unspecified atom stereocenters. The van der Waals surface area contributed by atoms with Crippen LogP contribution < -0.4 is 11.1 Å². The topological polar surface area (TPSA) is 75.2 Å². The Morgan fingerprint density at radius 3 is 2.68 bits per heavy atom. The molecule has 144 valence electrons. The number of benzene rings is 2. The highest BCUT2D eigenvalue weighted by atomic mass is 16.2. The lowest BCUT2D eigenvalue weighted by Crippen LogP contribution is -2.37. The van der Waals surface area contributed by atoms with Crippen LogP contribution in [0.3, 0.4) is 0 Å². The Morgan fingerprint density at radius 2 is 1.93 bits per heavy atom. The molecule has 1 atom stereocenters. The van der Waals surface area contributed by atoms with Crippen molar-refractivity contribution in [3.63, 3.8) is 0 Å². The van der Waals surface area contributed by atoms with Gasteiger partial charge >= 0.3 is 11.1 Å². The fourth-order valence-corrected chi connectivity index (χ4v) is 4.09. The van der Waals surface area contributed by atoms with E-state index in [1.807, 2.05) is 30.0 Å². The summed E-state index contributed by atoms with van der Waals surface area (Å²) in [7, 11) is 0. The number of hydrogen-bond acceptors (Lipinski definition) is 3. The molecule has 1 amide bonds. The molecule has 0 saturated carbocycles. The SMILES string of the molecule is CCn1c(=O)c(=O)[nH]c2cc(C(=O)N3CCC[C@H]3Cc3ccccc3)ccc21. The molecule has 6 nitrogen and oxygen atoms in total. The Bertz CT molecular complexity index is 1130. The Labute approximate surface area is 162 Å². The van der Waals surface area contributed by atoms with Gasteiger partial charge in [0, 0.05) is 24.7 Å². The molecule has 4 rings (SSSR count). The molecule has 1 N–H and O–H groups in total. The number of rotatable bonds is 4. The lowest BCUT2D eigenvalue weighted by molar-refractivity contribution is 0.0736. The number of nitrogens with one attached hydrogen (secondary N) is 1. The number of nitrogens with zero attached hydrogens (tertiary/aromatic N) is 2. The second kappa shape index (κ2) is 7.46. The zero-order valence-corrected chi connectivity index (χ0v) is 15.9. The largest absolute Gasteiger partial charge is 0.335 e. The van der Waals surface area contributed by atoms with Gasteiger partial charge in [-0.2, -0.15) is 0 Å². The van der Waals surface area contributed by atoms with Crippen LogP contribution in [0.2, 0.25) is 0 Å². The maximum atomic E-state index is 13.2. The summed E-state index contributed by atoms with van der Waals surface area (Å²) in [6.45, 7) is 2.95. The number of aromatic amines is 1. The number of fused-ring (bicyclic) bond motifs is 1. The second-order valence-corrected chi connectivity index (χ2v) is 7.22. The van der Waals surface area contributed by atoms with E-state index >= 15 is 0 Å². The monoisotopic (exact) mass is 377 g/mol. The van der Waals surface area contributed by atoms with Crippen molar-refractivity contribution in [3.8, 4) is 0 Å². The van der Waals surface area contributed by atoms with E-state index in [2.05, 4.69) is 17.1 Å². The van der Waals surface area contributed by atoms with Crippen LogP contribution in [0.5, 0.6) is 0 Å². The van der Waals surface area contributed by atoms with Gasteiger partial charge in [0.05, 0.1) is 11.0 Å². The first-order chi connectivity index (χ1) is 13.6. The first-order valence-electron chi connectivity index (χ1n) is 9.70. The lowest BCUT2D eigenvalue weighted by atomic mass is 10.0. The minimum atomic E-state index is -0.665. The van der Waals surface area contributed by atoms with Gasteiger partial charge in [0.2, 0.25) is 0 Å². The molecule has 2 heterocycles. The molecule has 6 heteroatoms. The zero-order valence-electron chi connectivity index (χ0n) is 15.9. The Morgan fingerprint density at radius 1 is 1.14 bits per heavy atom. The Balaban J connectivity index is 1.65. The van der Waals surface area contributed by atoms with Gasteiger partial charge in [-0.25, -0.2) is 0 Å². The summed E-state index contributed by atoms with van der Waals surface area (Å²) in [5.41, 5.74) is 1.66. The van der Waals surface area contributed by atoms with Crippen LogP contribution in [-0.2, 0) is 13.0 Å². The normalized spacial score (nSPS) is 16.6. The maximum absolute atomic E-state index is 13.2. The molecular weight excluding hydrogens is 354 g/mol. The van der Waals surface area contributed by atoms with E-state index in [9.17, 15) is 14.4 Å². The van der Waals surface area contributed by atoms with Crippen molar-refractivity contribution in [1.82, 2.24) is 14.5 Å². The summed E-state index contributed by atoms with van der Waals surface area (Å²) in [5, 5.41) is 0. The van der Waals surface area contributed by atoms with E-state index in [4.69, 9.17) is 0 Å². The van der Waals surface area contributed by atoms with Crippen molar-refractivity contribution in [2.45, 2.75) is 38.8 Å². The first kappa shape index (κ1) is 18.2. The fraction of sp³-hybridized carbons (Fsp3) is 0.318. The third-order valence-electron chi connectivity index (χ3n) is 5.49. The molecule has 1 fully saturated rings. The number of aryl methyl sites for hydroxylation is 1. The van der Waals surface area contributed by atoms with E-state index in [-0.39, 0.29) is 11.9 Å². The Hall–Kier alpha value is -3.15. The maximum Gasteiger partial charge on any atom is 0.316 e. The molecule has 2 aromatic carbocycles. The lowest BCUT2D eigenvalue weighted by Gasteiger charge is -2.25. The predicted octanol–water partition coefficient (Wildman–Crippen LogP) is 2.56. The summed E-state index contributed by atoms with van der Waals surface area (Å²) in [6, 6.07) is 15.5. The van der Waals surface area contributed by atoms with Gasteiger partial charge < -0.3 is 14.5 Å². The van der Waals surface area contributed by atoms with Gasteiger partial charge in [-0.1, -0.05) is 30.3 Å². The quantitative estimate of drug-likeness (QED) is 0.710. The molecule has 28 heavy (non-hydrogen) atoms. The third-order valence-corrected chi connectivity index (χ3v) is 5.49. The number of likely N-dealkylation sites (tertiary alicyclic amines) is 1. The summed E-state index contributed by atoms with van der Waals surface area (Å²) in [6.07, 6.45) is 2.82. The molecule has 0 bridgehead atoms. The highest BCUT2D eigenvalue weighted by molar-refractivity contribution is 5.97. The van der Waals surface area contributed by atoms with Crippen LogP contribution in [0, 0.1) is 0 Å². The van der Waals surface area contributed by atoms with Gasteiger partial charge in [0.1, 0.15) is 0 Å². The minimum absolute atomic E-state index is 0.0320. The van der Waals surface area contributed by atoms with Crippen LogP contribution in [0.4, 0.5) is 0 Å². The molecule has 1 aliphatic heterocycles. The van der Waals surface area contributed by atoms with Crippen molar-refractivity contribution < 1.29 is 4.79 Å². The van der Waals surface area contributed by atoms with Crippen molar-refractivity contribution in [1.29, 1.82) is 0 Å². The number of H-pyrrole nitrogens is 1. The number of amides is 1. The van der Waals surface area contributed by atoms with Crippen molar-refractivity contribution in [3.05, 3.63) is 80.4 Å². The van der Waals surface area contributed by atoms with Crippen LogP contribution in [0.25, 0.3) is 11.0 Å². The number of aromatic nitrogens is 2. The first-order valence-corrected chi connectivity index (χ1v) is 9.70. The van der Waals surface area contributed by atoms with Crippen LogP contribution in [0.15, 0.2) is 58.1 Å². The number of carbonyl (C=O) groups is 1. The standard InChI is InChI=1S/C22H23N3O3/c1-2-24-19-11-10-16(14-18(19)23-20(26)22(24)28)21(27)25-12-6-9-17(25)13-15-7-4-3-5-8-15/h3-5,7-8,10-11,14,17H,2,6,9,12-13H2,1H3,(H,23,26)/t17-/m0/s1. The molecule has 3 aromatic rings. The molecular formula is C22H23N3O3. The van der Waals surface area contributed by atoms with Crippen LogP contribution in [-0.4, -0.2) is 32.9 Å². The Kier molecular flexibility index (Phi) is 4.86. The van der Waals surface area contributed by atoms with Gasteiger partial charge in [0.25, 0.3) is 5.91 Å². The molecule has 1 aliphatic rings. The average Bonchev–Trinajstić information content (AvgIpc) is 3.17.